The molecule has 2 nitrogen and oxygen atoms in total. The Labute approximate surface area is 59.4 Å². The van der Waals surface area contributed by atoms with Gasteiger partial charge in [0.2, 0.25) is 0 Å². The van der Waals surface area contributed by atoms with Crippen LogP contribution in [0.2, 0.25) is 0 Å². The molecule has 0 unspecified atom stereocenters. The number of hydrogen-bond donors (Lipinski definition) is 0. The van der Waals surface area contributed by atoms with Gasteiger partial charge in [0.05, 0.1) is 0 Å². The molecule has 2 heteroatoms. The number of carbonyl (C=O) groups excluding carboxylic acids is 1. The summed E-state index contributed by atoms with van der Waals surface area (Å²) in [6.07, 6.45) is 0.766. The number of benzene rings is 1. The Bertz CT molecular complexity index is 230. The largest absolute Gasteiger partial charge is 0.490 e. The first-order valence-electron chi connectivity index (χ1n) is 2.84. The maximum atomic E-state index is 10.2. The van der Waals surface area contributed by atoms with E-state index in [9.17, 15) is 4.79 Å². The van der Waals surface area contributed by atoms with E-state index in [0.29, 0.717) is 11.3 Å². The van der Waals surface area contributed by atoms with Gasteiger partial charge in [-0.1, -0.05) is 12.1 Å². The van der Waals surface area contributed by atoms with Crippen LogP contribution in [0.5, 0.6) is 5.75 Å². The van der Waals surface area contributed by atoms with Gasteiger partial charge in [0.25, 0.3) is 0 Å². The van der Waals surface area contributed by atoms with Gasteiger partial charge in [-0.05, 0) is 12.1 Å². The molecule has 0 saturated heterocycles. The van der Waals surface area contributed by atoms with Gasteiger partial charge < -0.3 is 4.74 Å². The Kier molecular flexibility index (Phi) is 2.05. The molecular formula is C8H7O2. The van der Waals surface area contributed by atoms with Gasteiger partial charge in [-0.25, -0.2) is 0 Å². The highest BCUT2D eigenvalue weighted by molar-refractivity contribution is 5.75. The first-order chi connectivity index (χ1) is 4.86. The molecule has 0 saturated carbocycles. The molecule has 0 aliphatic heterocycles. The Morgan fingerprint density at radius 3 is 2.90 bits per heavy atom. The predicted octanol–water partition coefficient (Wildman–Crippen LogP) is 1.67. The van der Waals surface area contributed by atoms with Crippen molar-refractivity contribution in [1.82, 2.24) is 0 Å². The van der Waals surface area contributed by atoms with Gasteiger partial charge in [0.15, 0.2) is 0 Å². The first kappa shape index (κ1) is 6.81. The van der Waals surface area contributed by atoms with Crippen molar-refractivity contribution in [3.8, 4) is 5.75 Å². The summed E-state index contributed by atoms with van der Waals surface area (Å²) >= 11 is 0. The molecule has 0 amide bonds. The normalized spacial score (nSPS) is 8.90. The van der Waals surface area contributed by atoms with E-state index in [1.807, 2.05) is 0 Å². The highest BCUT2D eigenvalue weighted by atomic mass is 16.5. The van der Waals surface area contributed by atoms with Crippen LogP contribution in [0.3, 0.4) is 0 Å². The Morgan fingerprint density at radius 1 is 1.50 bits per heavy atom. The monoisotopic (exact) mass is 135 g/mol. The minimum atomic E-state index is 0.598. The van der Waals surface area contributed by atoms with Crippen LogP contribution >= 0.6 is 0 Å². The van der Waals surface area contributed by atoms with Crippen LogP contribution in [0.25, 0.3) is 0 Å². The van der Waals surface area contributed by atoms with Crippen molar-refractivity contribution in [2.45, 2.75) is 0 Å². The molecule has 0 spiro atoms. The average Bonchev–Trinajstić information content (AvgIpc) is 2.05. The molecule has 1 rings (SSSR count). The van der Waals surface area contributed by atoms with Crippen molar-refractivity contribution in [1.29, 1.82) is 0 Å². The molecule has 1 aromatic carbocycles. The number of carbonyl (C=O) groups is 1. The standard InChI is InChI=1S/C8H7O2/c1-10-8-4-2-3-7(5-8)6-9/h2-6H,1H2. The fourth-order valence-electron chi connectivity index (χ4n) is 0.678. The van der Waals surface area contributed by atoms with E-state index in [-0.39, 0.29) is 0 Å². The van der Waals surface area contributed by atoms with Crippen molar-refractivity contribution in [2.75, 3.05) is 0 Å². The van der Waals surface area contributed by atoms with E-state index in [0.717, 1.165) is 6.29 Å². The second kappa shape index (κ2) is 3.01. The lowest BCUT2D eigenvalue weighted by atomic mass is 10.2. The fourth-order valence-corrected chi connectivity index (χ4v) is 0.678. The van der Waals surface area contributed by atoms with Gasteiger partial charge in [0.1, 0.15) is 19.1 Å². The van der Waals surface area contributed by atoms with Crippen LogP contribution in [-0.4, -0.2) is 6.29 Å². The molecule has 0 aliphatic rings. The van der Waals surface area contributed by atoms with Crippen molar-refractivity contribution < 1.29 is 9.53 Å². The van der Waals surface area contributed by atoms with Gasteiger partial charge in [0, 0.05) is 5.56 Å². The van der Waals surface area contributed by atoms with Gasteiger partial charge in [-0.3, -0.25) is 4.79 Å². The van der Waals surface area contributed by atoms with Gasteiger partial charge in [-0.15, -0.1) is 0 Å². The number of hydrogen-bond acceptors (Lipinski definition) is 2. The topological polar surface area (TPSA) is 26.3 Å². The van der Waals surface area contributed by atoms with Crippen LogP contribution in [0, 0.1) is 7.11 Å². The lowest BCUT2D eigenvalue weighted by Crippen LogP contribution is -1.81. The quantitative estimate of drug-likeness (QED) is 0.576. The molecule has 51 valence electrons. The zero-order valence-corrected chi connectivity index (χ0v) is 5.41. The third-order valence-corrected chi connectivity index (χ3v) is 1.16. The Morgan fingerprint density at radius 2 is 2.30 bits per heavy atom. The lowest BCUT2D eigenvalue weighted by Gasteiger charge is -1.96. The summed E-state index contributed by atoms with van der Waals surface area (Å²) in [5, 5.41) is 0. The van der Waals surface area contributed by atoms with Gasteiger partial charge in [-0.2, -0.15) is 0 Å². The van der Waals surface area contributed by atoms with Crippen molar-refractivity contribution in [3.63, 3.8) is 0 Å². The summed E-state index contributed by atoms with van der Waals surface area (Å²) in [5.74, 6) is 0.601. The molecule has 10 heavy (non-hydrogen) atoms. The molecule has 1 radical (unpaired) electrons. The SMILES string of the molecule is [CH2]Oc1cccc(C=O)c1. The highest BCUT2D eigenvalue weighted by Crippen LogP contribution is 2.10. The van der Waals surface area contributed by atoms with Crippen LogP contribution < -0.4 is 4.74 Å². The maximum Gasteiger partial charge on any atom is 0.150 e. The maximum absolute atomic E-state index is 10.2. The third-order valence-electron chi connectivity index (χ3n) is 1.16. The van der Waals surface area contributed by atoms with E-state index >= 15 is 0 Å². The summed E-state index contributed by atoms with van der Waals surface area (Å²) in [5.41, 5.74) is 0.598. The van der Waals surface area contributed by atoms with Crippen LogP contribution in [0.15, 0.2) is 24.3 Å². The summed E-state index contributed by atoms with van der Waals surface area (Å²) in [6, 6.07) is 6.81. The zero-order chi connectivity index (χ0) is 7.40. The van der Waals surface area contributed by atoms with Crippen LogP contribution in [0.4, 0.5) is 0 Å². The number of rotatable bonds is 2. The smallest absolute Gasteiger partial charge is 0.150 e. The van der Waals surface area contributed by atoms with Gasteiger partial charge >= 0.3 is 0 Å². The van der Waals surface area contributed by atoms with Crippen molar-refractivity contribution >= 4 is 6.29 Å². The van der Waals surface area contributed by atoms with Crippen molar-refractivity contribution in [3.05, 3.63) is 36.9 Å². The minimum Gasteiger partial charge on any atom is -0.490 e. The first-order valence-corrected chi connectivity index (χ1v) is 2.84. The second-order valence-electron chi connectivity index (χ2n) is 1.83. The summed E-state index contributed by atoms with van der Waals surface area (Å²) in [6.45, 7) is 0. The van der Waals surface area contributed by atoms with E-state index < -0.39 is 0 Å². The molecule has 1 aromatic rings. The molecule has 0 aromatic heterocycles. The van der Waals surface area contributed by atoms with E-state index in [2.05, 4.69) is 11.8 Å². The number of aldehydes is 1. The van der Waals surface area contributed by atoms with Crippen molar-refractivity contribution in [2.24, 2.45) is 0 Å². The predicted molar refractivity (Wildman–Crippen MR) is 37.8 cm³/mol. The van der Waals surface area contributed by atoms with Crippen LogP contribution in [-0.2, 0) is 0 Å². The van der Waals surface area contributed by atoms with E-state index in [4.69, 9.17) is 0 Å². The van der Waals surface area contributed by atoms with E-state index in [1.54, 1.807) is 24.3 Å². The highest BCUT2D eigenvalue weighted by Gasteiger charge is 1.91. The molecule has 0 fully saturated rings. The number of ether oxygens (including phenoxy) is 1. The van der Waals surface area contributed by atoms with Crippen LogP contribution in [0.1, 0.15) is 10.4 Å². The summed E-state index contributed by atoms with van der Waals surface area (Å²) in [4.78, 5) is 10.2. The Hall–Kier alpha value is -1.31. The minimum absolute atomic E-state index is 0.598. The molecule has 0 N–H and O–H groups in total. The average molecular weight is 135 g/mol. The molecule has 0 bridgehead atoms. The summed E-state index contributed by atoms with van der Waals surface area (Å²) in [7, 11) is 3.22. The molecule has 0 heterocycles. The molecular weight excluding hydrogens is 128 g/mol. The second-order valence-corrected chi connectivity index (χ2v) is 1.83. The molecule has 0 aliphatic carbocycles. The Balaban J connectivity index is 2.98. The fraction of sp³-hybridized carbons (Fsp3) is 0. The van der Waals surface area contributed by atoms with E-state index in [1.165, 1.54) is 0 Å². The zero-order valence-electron chi connectivity index (χ0n) is 5.41. The lowest BCUT2D eigenvalue weighted by molar-refractivity contribution is 0.112. The third kappa shape index (κ3) is 1.35. The molecule has 0 atom stereocenters. The summed E-state index contributed by atoms with van der Waals surface area (Å²) < 4.78 is 4.65.